The Hall–Kier alpha value is -4.12. The Morgan fingerprint density at radius 1 is 1.00 bits per heavy atom. The molecule has 0 unspecified atom stereocenters. The third-order valence-electron chi connectivity index (χ3n) is 3.59. The fourth-order valence-corrected chi connectivity index (χ4v) is 2.25. The molecule has 8 nitrogen and oxygen atoms in total. The summed E-state index contributed by atoms with van der Waals surface area (Å²) >= 11 is 0. The van der Waals surface area contributed by atoms with E-state index in [-0.39, 0.29) is 11.5 Å². The summed E-state index contributed by atoms with van der Waals surface area (Å²) in [4.78, 5) is 35.0. The van der Waals surface area contributed by atoms with Gasteiger partial charge in [-0.25, -0.2) is 4.79 Å². The van der Waals surface area contributed by atoms with Crippen molar-refractivity contribution in [3.63, 3.8) is 0 Å². The van der Waals surface area contributed by atoms with Gasteiger partial charge in [-0.3, -0.25) is 9.59 Å². The largest absolute Gasteiger partial charge is 0.497 e. The van der Waals surface area contributed by atoms with Gasteiger partial charge >= 0.3 is 5.97 Å². The second-order valence-corrected chi connectivity index (χ2v) is 5.83. The molecule has 0 bridgehead atoms. The molecular formula is C21H19N3O5. The molecule has 2 rings (SSSR count). The maximum Gasteiger partial charge on any atom is 0.349 e. The van der Waals surface area contributed by atoms with Crippen molar-refractivity contribution < 1.29 is 23.9 Å². The monoisotopic (exact) mass is 393 g/mol. The highest BCUT2D eigenvalue weighted by atomic mass is 16.5. The smallest absolute Gasteiger partial charge is 0.349 e. The lowest BCUT2D eigenvalue weighted by molar-refractivity contribution is -0.142. The zero-order chi connectivity index (χ0) is 21.2. The molecule has 0 aliphatic carbocycles. The molecule has 0 radical (unpaired) electrons. The van der Waals surface area contributed by atoms with Gasteiger partial charge in [0.1, 0.15) is 17.4 Å². The fourth-order valence-electron chi connectivity index (χ4n) is 2.25. The summed E-state index contributed by atoms with van der Waals surface area (Å²) in [5, 5.41) is 14.3. The molecule has 8 heteroatoms. The fraction of sp³-hybridized carbons (Fsp3) is 0.143. The molecule has 29 heavy (non-hydrogen) atoms. The van der Waals surface area contributed by atoms with Crippen LogP contribution in [-0.4, -0.2) is 31.5 Å². The summed E-state index contributed by atoms with van der Waals surface area (Å²) in [6.07, 6.45) is 1.36. The minimum atomic E-state index is -0.903. The predicted octanol–water partition coefficient (Wildman–Crippen LogP) is 2.74. The van der Waals surface area contributed by atoms with Gasteiger partial charge in [0, 0.05) is 18.3 Å². The van der Waals surface area contributed by atoms with Gasteiger partial charge in [0.25, 0.3) is 5.91 Å². The first-order valence-corrected chi connectivity index (χ1v) is 8.51. The second kappa shape index (κ2) is 10.3. The minimum Gasteiger partial charge on any atom is -0.497 e. The lowest BCUT2D eigenvalue weighted by Gasteiger charge is -2.07. The lowest BCUT2D eigenvalue weighted by Crippen LogP contribution is -2.21. The highest BCUT2D eigenvalue weighted by Gasteiger charge is 2.13. The number of amides is 2. The first kappa shape index (κ1) is 21.2. The van der Waals surface area contributed by atoms with Crippen LogP contribution in [0.4, 0.5) is 11.4 Å². The zero-order valence-electron chi connectivity index (χ0n) is 15.9. The Morgan fingerprint density at radius 3 is 2.10 bits per heavy atom. The van der Waals surface area contributed by atoms with Gasteiger partial charge in [-0.1, -0.05) is 12.1 Å². The van der Waals surface area contributed by atoms with E-state index in [1.807, 2.05) is 0 Å². The van der Waals surface area contributed by atoms with Gasteiger partial charge < -0.3 is 20.1 Å². The van der Waals surface area contributed by atoms with E-state index in [4.69, 9.17) is 9.47 Å². The average Bonchev–Trinajstić information content (AvgIpc) is 2.71. The van der Waals surface area contributed by atoms with Crippen LogP contribution in [-0.2, 0) is 19.1 Å². The molecule has 0 saturated carbocycles. The second-order valence-electron chi connectivity index (χ2n) is 5.83. The first-order valence-electron chi connectivity index (χ1n) is 8.51. The molecule has 0 aliphatic heterocycles. The maximum absolute atomic E-state index is 12.0. The Bertz CT molecular complexity index is 957. The van der Waals surface area contributed by atoms with E-state index in [1.54, 1.807) is 54.6 Å². The molecule has 0 heterocycles. The van der Waals surface area contributed by atoms with Crippen LogP contribution in [0, 0.1) is 11.3 Å². The van der Waals surface area contributed by atoms with E-state index >= 15 is 0 Å². The lowest BCUT2D eigenvalue weighted by atomic mass is 10.1. The van der Waals surface area contributed by atoms with Crippen LogP contribution in [0.3, 0.4) is 0 Å². The number of methoxy groups -OCH3 is 1. The summed E-state index contributed by atoms with van der Waals surface area (Å²) in [6.45, 7) is 0.844. The third kappa shape index (κ3) is 6.84. The van der Waals surface area contributed by atoms with Crippen LogP contribution in [0.15, 0.2) is 54.1 Å². The normalized spacial score (nSPS) is 10.4. The molecule has 2 aromatic carbocycles. The van der Waals surface area contributed by atoms with Gasteiger partial charge in [0.15, 0.2) is 6.61 Å². The van der Waals surface area contributed by atoms with Crippen molar-refractivity contribution in [3.8, 4) is 11.8 Å². The van der Waals surface area contributed by atoms with Gasteiger partial charge in [-0.05, 0) is 48.0 Å². The first-order chi connectivity index (χ1) is 13.9. The Labute approximate surface area is 167 Å². The number of ether oxygens (including phenoxy) is 2. The summed E-state index contributed by atoms with van der Waals surface area (Å²) in [6, 6.07) is 14.9. The molecule has 0 aromatic heterocycles. The van der Waals surface area contributed by atoms with Crippen molar-refractivity contribution in [2.75, 3.05) is 24.4 Å². The zero-order valence-corrected chi connectivity index (χ0v) is 15.9. The molecule has 0 spiro atoms. The third-order valence-corrected chi connectivity index (χ3v) is 3.59. The van der Waals surface area contributed by atoms with Crippen LogP contribution in [0.5, 0.6) is 5.75 Å². The number of carbonyl (C=O) groups excluding carboxylic acids is 3. The topological polar surface area (TPSA) is 118 Å². The number of nitriles is 1. The Balaban J connectivity index is 1.90. The number of nitrogens with one attached hydrogen (secondary N) is 2. The standard InChI is InChI=1S/C21H19N3O5/c1-14(25)23-17-5-7-18(8-6-17)24-20(26)13-29-21(27)16(12-22)11-15-3-9-19(28-2)10-4-15/h3-11H,13H2,1-2H3,(H,23,25)(H,24,26)/b16-11+. The van der Waals surface area contributed by atoms with Crippen molar-refractivity contribution in [2.24, 2.45) is 0 Å². The van der Waals surface area contributed by atoms with Gasteiger partial charge in [0.05, 0.1) is 7.11 Å². The average molecular weight is 393 g/mol. The van der Waals surface area contributed by atoms with Crippen molar-refractivity contribution in [3.05, 3.63) is 59.7 Å². The molecular weight excluding hydrogens is 374 g/mol. The van der Waals surface area contributed by atoms with Gasteiger partial charge in [-0.15, -0.1) is 0 Å². The highest BCUT2D eigenvalue weighted by Crippen LogP contribution is 2.15. The summed E-state index contributed by atoms with van der Waals surface area (Å²) in [5.74, 6) is -1.03. The molecule has 0 atom stereocenters. The van der Waals surface area contributed by atoms with Gasteiger partial charge in [0.2, 0.25) is 5.91 Å². The SMILES string of the molecule is COc1ccc(/C=C(\C#N)C(=O)OCC(=O)Nc2ccc(NC(C)=O)cc2)cc1. The van der Waals surface area contributed by atoms with Crippen LogP contribution in [0.1, 0.15) is 12.5 Å². The van der Waals surface area contributed by atoms with E-state index in [0.717, 1.165) is 0 Å². The number of carbonyl (C=O) groups is 3. The van der Waals surface area contributed by atoms with E-state index in [2.05, 4.69) is 10.6 Å². The number of hydrogen-bond acceptors (Lipinski definition) is 6. The van der Waals surface area contributed by atoms with E-state index in [9.17, 15) is 19.6 Å². The molecule has 2 N–H and O–H groups in total. The number of hydrogen-bond donors (Lipinski definition) is 2. The molecule has 148 valence electrons. The van der Waals surface area contributed by atoms with Crippen molar-refractivity contribution in [1.29, 1.82) is 5.26 Å². The van der Waals surface area contributed by atoms with Crippen LogP contribution < -0.4 is 15.4 Å². The number of anilines is 2. The van der Waals surface area contributed by atoms with Crippen LogP contribution in [0.25, 0.3) is 6.08 Å². The van der Waals surface area contributed by atoms with Crippen molar-refractivity contribution >= 4 is 35.2 Å². The van der Waals surface area contributed by atoms with E-state index in [1.165, 1.54) is 20.1 Å². The summed E-state index contributed by atoms with van der Waals surface area (Å²) in [7, 11) is 1.53. The van der Waals surface area contributed by atoms with Crippen LogP contribution >= 0.6 is 0 Å². The Morgan fingerprint density at radius 2 is 1.59 bits per heavy atom. The predicted molar refractivity (Wildman–Crippen MR) is 107 cm³/mol. The van der Waals surface area contributed by atoms with Gasteiger partial charge in [-0.2, -0.15) is 5.26 Å². The van der Waals surface area contributed by atoms with E-state index in [0.29, 0.717) is 22.7 Å². The van der Waals surface area contributed by atoms with Crippen LogP contribution in [0.2, 0.25) is 0 Å². The number of benzene rings is 2. The minimum absolute atomic E-state index is 0.204. The number of rotatable bonds is 7. The van der Waals surface area contributed by atoms with E-state index < -0.39 is 18.5 Å². The molecule has 2 amide bonds. The Kier molecular flexibility index (Phi) is 7.51. The highest BCUT2D eigenvalue weighted by molar-refractivity contribution is 6.00. The molecule has 0 aliphatic rings. The van der Waals surface area contributed by atoms with Crippen molar-refractivity contribution in [2.45, 2.75) is 6.92 Å². The summed E-state index contributed by atoms with van der Waals surface area (Å²) < 4.78 is 9.94. The quantitative estimate of drug-likeness (QED) is 0.424. The molecule has 2 aromatic rings. The maximum atomic E-state index is 12.0. The molecule has 0 fully saturated rings. The number of nitrogens with zero attached hydrogens (tertiary/aromatic N) is 1. The number of esters is 1. The summed E-state index contributed by atoms with van der Waals surface area (Å²) in [5.41, 5.74) is 1.43. The van der Waals surface area contributed by atoms with Crippen molar-refractivity contribution in [1.82, 2.24) is 0 Å². The molecule has 0 saturated heterocycles.